The summed E-state index contributed by atoms with van der Waals surface area (Å²) in [6.45, 7) is 1.01. The second kappa shape index (κ2) is 6.19. The highest BCUT2D eigenvalue weighted by molar-refractivity contribution is 7.20. The predicted molar refractivity (Wildman–Crippen MR) is 73.5 cm³/mol. The molecule has 1 fully saturated rings. The van der Waals surface area contributed by atoms with Gasteiger partial charge in [-0.3, -0.25) is 4.79 Å². The molecule has 5 heteroatoms. The monoisotopic (exact) mass is 291 g/mol. The van der Waals surface area contributed by atoms with Crippen LogP contribution in [0.5, 0.6) is 0 Å². The van der Waals surface area contributed by atoms with Crippen LogP contribution in [0.3, 0.4) is 0 Å². The van der Waals surface area contributed by atoms with Crippen molar-refractivity contribution in [3.63, 3.8) is 0 Å². The first-order valence-electron chi connectivity index (χ1n) is 5.88. The molecule has 1 aromatic heterocycles. The Balaban J connectivity index is 1.98. The lowest BCUT2D eigenvalue weighted by atomic mass is 10.0. The van der Waals surface area contributed by atoms with E-state index in [1.54, 1.807) is 6.07 Å². The van der Waals surface area contributed by atoms with Crippen LogP contribution in [-0.4, -0.2) is 18.4 Å². The molecule has 1 atom stereocenters. The van der Waals surface area contributed by atoms with E-state index in [9.17, 15) is 4.79 Å². The average Bonchev–Trinajstić information content (AvgIpc) is 2.51. The molecule has 0 spiro atoms. The fourth-order valence-electron chi connectivity index (χ4n) is 2.14. The smallest absolute Gasteiger partial charge is 0.166 e. The van der Waals surface area contributed by atoms with Gasteiger partial charge in [0.15, 0.2) is 5.78 Å². The van der Waals surface area contributed by atoms with E-state index in [-0.39, 0.29) is 5.78 Å². The molecular formula is C12H15Cl2NOS. The van der Waals surface area contributed by atoms with Gasteiger partial charge in [-0.15, -0.1) is 11.3 Å². The van der Waals surface area contributed by atoms with E-state index >= 15 is 0 Å². The van der Waals surface area contributed by atoms with Crippen LogP contribution < -0.4 is 5.32 Å². The van der Waals surface area contributed by atoms with E-state index in [4.69, 9.17) is 23.2 Å². The molecule has 94 valence electrons. The van der Waals surface area contributed by atoms with Crippen molar-refractivity contribution in [3.05, 3.63) is 20.3 Å². The second-order valence-electron chi connectivity index (χ2n) is 4.37. The topological polar surface area (TPSA) is 29.1 Å². The molecule has 2 rings (SSSR count). The quantitative estimate of drug-likeness (QED) is 0.848. The van der Waals surface area contributed by atoms with Gasteiger partial charge in [-0.2, -0.15) is 0 Å². The minimum atomic E-state index is 0.0950. The standard InChI is InChI=1S/C12H15Cl2NOS/c13-11-7-9(12(14)17-11)10(16)6-8-4-2-1-3-5-15-8/h7-8,15H,1-6H2. The van der Waals surface area contributed by atoms with Crippen LogP contribution in [0.2, 0.25) is 8.67 Å². The number of Topliss-reactive ketones (excluding diaryl/α,β-unsaturated/α-hetero) is 1. The number of rotatable bonds is 3. The first-order valence-corrected chi connectivity index (χ1v) is 7.45. The van der Waals surface area contributed by atoms with Crippen molar-refractivity contribution in [2.45, 2.75) is 38.1 Å². The van der Waals surface area contributed by atoms with Gasteiger partial charge in [0.2, 0.25) is 0 Å². The van der Waals surface area contributed by atoms with Gasteiger partial charge in [-0.1, -0.05) is 36.0 Å². The maximum atomic E-state index is 12.1. The molecule has 1 saturated heterocycles. The van der Waals surface area contributed by atoms with Crippen molar-refractivity contribution in [2.24, 2.45) is 0 Å². The first-order chi connectivity index (χ1) is 8.16. The van der Waals surface area contributed by atoms with Crippen molar-refractivity contribution in [2.75, 3.05) is 6.54 Å². The zero-order valence-electron chi connectivity index (χ0n) is 9.47. The summed E-state index contributed by atoms with van der Waals surface area (Å²) in [6, 6.07) is 1.97. The van der Waals surface area contributed by atoms with Gasteiger partial charge < -0.3 is 5.32 Å². The molecule has 0 amide bonds. The highest BCUT2D eigenvalue weighted by atomic mass is 35.5. The highest BCUT2D eigenvalue weighted by Crippen LogP contribution is 2.32. The largest absolute Gasteiger partial charge is 0.314 e. The van der Waals surface area contributed by atoms with Crippen LogP contribution in [0, 0.1) is 0 Å². The number of ketones is 1. The molecule has 0 aromatic carbocycles. The number of carbonyl (C=O) groups is 1. The van der Waals surface area contributed by atoms with E-state index in [0.717, 1.165) is 13.0 Å². The predicted octanol–water partition coefficient (Wildman–Crippen LogP) is 4.16. The van der Waals surface area contributed by atoms with Crippen molar-refractivity contribution < 1.29 is 4.79 Å². The maximum absolute atomic E-state index is 12.1. The van der Waals surface area contributed by atoms with E-state index < -0.39 is 0 Å². The van der Waals surface area contributed by atoms with Crippen LogP contribution in [0.25, 0.3) is 0 Å². The Kier molecular flexibility index (Phi) is 4.86. The Morgan fingerprint density at radius 3 is 2.94 bits per heavy atom. The Bertz CT molecular complexity index is 397. The fourth-order valence-corrected chi connectivity index (χ4v) is 3.64. The fraction of sp³-hybridized carbons (Fsp3) is 0.583. The molecule has 0 bridgehead atoms. The van der Waals surface area contributed by atoms with Gasteiger partial charge in [0.1, 0.15) is 4.34 Å². The van der Waals surface area contributed by atoms with Gasteiger partial charge in [0.25, 0.3) is 0 Å². The van der Waals surface area contributed by atoms with Crippen LogP contribution in [0.15, 0.2) is 6.07 Å². The third kappa shape index (κ3) is 3.68. The lowest BCUT2D eigenvalue weighted by Crippen LogP contribution is -2.30. The number of hydrogen-bond acceptors (Lipinski definition) is 3. The number of nitrogens with one attached hydrogen (secondary N) is 1. The van der Waals surface area contributed by atoms with Crippen LogP contribution in [0.4, 0.5) is 0 Å². The minimum absolute atomic E-state index is 0.0950. The summed E-state index contributed by atoms with van der Waals surface area (Å²) in [5.74, 6) is 0.0950. The summed E-state index contributed by atoms with van der Waals surface area (Å²) in [6.07, 6.45) is 5.25. The first kappa shape index (κ1) is 13.3. The maximum Gasteiger partial charge on any atom is 0.166 e. The average molecular weight is 292 g/mol. The van der Waals surface area contributed by atoms with Crippen molar-refractivity contribution in [1.29, 1.82) is 0 Å². The highest BCUT2D eigenvalue weighted by Gasteiger charge is 2.19. The molecule has 1 aliphatic rings. The summed E-state index contributed by atoms with van der Waals surface area (Å²) >= 11 is 13.1. The molecular weight excluding hydrogens is 277 g/mol. The molecule has 1 aliphatic heterocycles. The summed E-state index contributed by atoms with van der Waals surface area (Å²) in [4.78, 5) is 12.1. The van der Waals surface area contributed by atoms with E-state index in [2.05, 4.69) is 5.32 Å². The SMILES string of the molecule is O=C(CC1CCCCCN1)c1cc(Cl)sc1Cl. The molecule has 0 radical (unpaired) electrons. The normalized spacial score (nSPS) is 21.2. The van der Waals surface area contributed by atoms with E-state index in [0.29, 0.717) is 26.7 Å². The summed E-state index contributed by atoms with van der Waals surface area (Å²) < 4.78 is 1.08. The van der Waals surface area contributed by atoms with Crippen LogP contribution in [0.1, 0.15) is 42.5 Å². The second-order valence-corrected chi connectivity index (χ2v) is 6.65. The molecule has 2 heterocycles. The Labute approximate surface area is 115 Å². The lowest BCUT2D eigenvalue weighted by molar-refractivity contribution is 0.0968. The minimum Gasteiger partial charge on any atom is -0.314 e. The number of thiophene rings is 1. The van der Waals surface area contributed by atoms with E-state index in [1.807, 2.05) is 0 Å². The Morgan fingerprint density at radius 2 is 2.24 bits per heavy atom. The summed E-state index contributed by atoms with van der Waals surface area (Å²) in [7, 11) is 0. The summed E-state index contributed by atoms with van der Waals surface area (Å²) in [5.41, 5.74) is 0.577. The molecule has 2 nitrogen and oxygen atoms in total. The number of hydrogen-bond donors (Lipinski definition) is 1. The molecule has 0 saturated carbocycles. The van der Waals surface area contributed by atoms with Gasteiger partial charge in [0.05, 0.1) is 4.34 Å². The number of halogens is 2. The zero-order valence-corrected chi connectivity index (χ0v) is 11.8. The van der Waals surface area contributed by atoms with Gasteiger partial charge in [-0.05, 0) is 25.5 Å². The molecule has 0 aliphatic carbocycles. The van der Waals surface area contributed by atoms with Crippen molar-refractivity contribution >= 4 is 40.3 Å². The van der Waals surface area contributed by atoms with Crippen molar-refractivity contribution in [3.8, 4) is 0 Å². The van der Waals surface area contributed by atoms with Gasteiger partial charge in [-0.25, -0.2) is 0 Å². The van der Waals surface area contributed by atoms with Gasteiger partial charge in [0, 0.05) is 18.0 Å². The van der Waals surface area contributed by atoms with Crippen LogP contribution >= 0.6 is 34.5 Å². The third-order valence-electron chi connectivity index (χ3n) is 3.05. The van der Waals surface area contributed by atoms with Crippen molar-refractivity contribution in [1.82, 2.24) is 5.32 Å². The molecule has 1 aromatic rings. The molecule has 1 unspecified atom stereocenters. The molecule has 17 heavy (non-hydrogen) atoms. The summed E-state index contributed by atoms with van der Waals surface area (Å²) in [5, 5.41) is 3.42. The van der Waals surface area contributed by atoms with E-state index in [1.165, 1.54) is 30.6 Å². The van der Waals surface area contributed by atoms with Gasteiger partial charge >= 0.3 is 0 Å². The Morgan fingerprint density at radius 1 is 1.41 bits per heavy atom. The number of carbonyl (C=O) groups excluding carboxylic acids is 1. The lowest BCUT2D eigenvalue weighted by Gasteiger charge is -2.14. The third-order valence-corrected chi connectivity index (χ3v) is 4.54. The molecule has 1 N–H and O–H groups in total. The zero-order chi connectivity index (χ0) is 12.3. The Hall–Kier alpha value is -0.0900. The van der Waals surface area contributed by atoms with Crippen LogP contribution in [-0.2, 0) is 0 Å².